The molecular formula is C18H16BrN3O3S2. The van der Waals surface area contributed by atoms with Crippen molar-refractivity contribution in [2.45, 2.75) is 5.54 Å². The average molecular weight is 466 g/mol. The van der Waals surface area contributed by atoms with Gasteiger partial charge in [0.05, 0.1) is 12.8 Å². The molecule has 1 saturated heterocycles. The van der Waals surface area contributed by atoms with Crippen molar-refractivity contribution in [1.82, 2.24) is 10.2 Å². The fraction of sp³-hybridized carbons (Fsp3) is 0.222. The Morgan fingerprint density at radius 1 is 1.22 bits per heavy atom. The van der Waals surface area contributed by atoms with E-state index in [0.717, 1.165) is 34.2 Å². The third kappa shape index (κ3) is 3.24. The molecule has 2 aromatic rings. The van der Waals surface area contributed by atoms with Gasteiger partial charge in [0.15, 0.2) is 5.11 Å². The molecule has 0 bridgehead atoms. The fourth-order valence-electron chi connectivity index (χ4n) is 3.48. The molecule has 6 nitrogen and oxygen atoms in total. The highest BCUT2D eigenvalue weighted by Gasteiger charge is 2.51. The first kappa shape index (κ1) is 18.4. The number of thiocarbonyl (C=S) groups is 1. The molecule has 4 rings (SSSR count). The Balaban J connectivity index is 1.86. The topological polar surface area (TPSA) is 71.0 Å². The Bertz CT molecular complexity index is 1050. The number of hydrogen-bond acceptors (Lipinski definition) is 5. The molecule has 2 heterocycles. The van der Waals surface area contributed by atoms with Crippen LogP contribution >= 0.6 is 28.1 Å². The monoisotopic (exact) mass is 465 g/mol. The number of rotatable bonds is 4. The van der Waals surface area contributed by atoms with Gasteiger partial charge in [0.2, 0.25) is 0 Å². The van der Waals surface area contributed by atoms with E-state index in [2.05, 4.69) is 21.2 Å². The van der Waals surface area contributed by atoms with Gasteiger partial charge in [0, 0.05) is 11.0 Å². The van der Waals surface area contributed by atoms with E-state index >= 15 is 0 Å². The zero-order chi connectivity index (χ0) is 19.2. The van der Waals surface area contributed by atoms with Gasteiger partial charge in [-0.2, -0.15) is 8.42 Å². The normalized spacial score (nSPS) is 21.6. The molecule has 1 atom stereocenters. The Kier molecular flexibility index (Phi) is 4.48. The molecule has 1 fully saturated rings. The first-order valence-electron chi connectivity index (χ1n) is 8.20. The predicted molar refractivity (Wildman–Crippen MR) is 112 cm³/mol. The number of nitrogens with zero attached hydrogens (tertiary/aromatic N) is 2. The van der Waals surface area contributed by atoms with Crippen LogP contribution < -0.4 is 9.50 Å². The number of benzene rings is 2. The van der Waals surface area contributed by atoms with E-state index in [9.17, 15) is 8.42 Å². The third-order valence-corrected chi connectivity index (χ3v) is 5.82. The van der Waals surface area contributed by atoms with E-state index in [0.29, 0.717) is 11.7 Å². The van der Waals surface area contributed by atoms with Crippen LogP contribution in [0.3, 0.4) is 0 Å². The van der Waals surface area contributed by atoms with Crippen LogP contribution in [-0.2, 0) is 15.7 Å². The summed E-state index contributed by atoms with van der Waals surface area (Å²) in [5.74, 6) is 1.11. The summed E-state index contributed by atoms with van der Waals surface area (Å²) in [6.45, 7) is 1.42. The molecule has 0 radical (unpaired) electrons. The lowest BCUT2D eigenvalue weighted by Crippen LogP contribution is -2.44. The van der Waals surface area contributed by atoms with Crippen molar-refractivity contribution in [2.24, 2.45) is 4.99 Å². The van der Waals surface area contributed by atoms with Crippen LogP contribution in [0.1, 0.15) is 11.1 Å². The first-order valence-corrected chi connectivity index (χ1v) is 11.2. The summed E-state index contributed by atoms with van der Waals surface area (Å²) in [5, 5.41) is 4.07. The van der Waals surface area contributed by atoms with E-state index in [4.69, 9.17) is 21.4 Å². The maximum atomic E-state index is 11.4. The highest BCUT2D eigenvalue weighted by molar-refractivity contribution is 9.10. The fourth-order valence-corrected chi connectivity index (χ4v) is 4.67. The number of fused-ring (bicyclic) bond motifs is 1. The van der Waals surface area contributed by atoms with E-state index in [1.165, 1.54) is 0 Å². The molecule has 1 unspecified atom stereocenters. The summed E-state index contributed by atoms with van der Waals surface area (Å²) in [7, 11) is -3.58. The molecular weight excluding hydrogens is 450 g/mol. The van der Waals surface area contributed by atoms with E-state index < -0.39 is 15.7 Å². The van der Waals surface area contributed by atoms with Crippen molar-refractivity contribution in [3.05, 3.63) is 64.1 Å². The van der Waals surface area contributed by atoms with Crippen molar-refractivity contribution in [2.75, 3.05) is 19.3 Å². The molecule has 2 aromatic carbocycles. The van der Waals surface area contributed by atoms with Crippen molar-refractivity contribution >= 4 is 49.2 Å². The minimum atomic E-state index is -3.58. The summed E-state index contributed by atoms with van der Waals surface area (Å²) < 4.78 is 28.7. The maximum Gasteiger partial charge on any atom is 0.306 e. The lowest BCUT2D eigenvalue weighted by Gasteiger charge is -2.30. The predicted octanol–water partition coefficient (Wildman–Crippen LogP) is 2.63. The van der Waals surface area contributed by atoms with Gasteiger partial charge < -0.3 is 14.4 Å². The van der Waals surface area contributed by atoms with E-state index in [1.807, 2.05) is 41.3 Å². The Morgan fingerprint density at radius 3 is 2.63 bits per heavy atom. The second kappa shape index (κ2) is 6.57. The van der Waals surface area contributed by atoms with Crippen LogP contribution in [0.4, 0.5) is 0 Å². The molecule has 9 heteroatoms. The first-order chi connectivity index (χ1) is 12.8. The van der Waals surface area contributed by atoms with Gasteiger partial charge in [0.1, 0.15) is 17.1 Å². The van der Waals surface area contributed by atoms with Gasteiger partial charge in [-0.05, 0) is 47.6 Å². The van der Waals surface area contributed by atoms with Gasteiger partial charge in [-0.3, -0.25) is 4.99 Å². The smallest absolute Gasteiger partial charge is 0.306 e. The maximum absolute atomic E-state index is 11.4. The Morgan fingerprint density at radius 2 is 1.96 bits per heavy atom. The minimum absolute atomic E-state index is 0.261. The van der Waals surface area contributed by atoms with Gasteiger partial charge in [0.25, 0.3) is 0 Å². The Hall–Kier alpha value is -1.97. The van der Waals surface area contributed by atoms with Crippen LogP contribution in [0.15, 0.2) is 58.0 Å². The summed E-state index contributed by atoms with van der Waals surface area (Å²) in [6, 6.07) is 14.9. The molecule has 2 aliphatic rings. The quantitative estimate of drug-likeness (QED) is 0.552. The molecule has 1 N–H and O–H groups in total. The summed E-state index contributed by atoms with van der Waals surface area (Å²) >= 11 is 9.09. The third-order valence-electron chi connectivity index (χ3n) is 4.51. The number of nitrogens with one attached hydrogen (secondary N) is 1. The summed E-state index contributed by atoms with van der Waals surface area (Å²) in [6.07, 6.45) is 1.02. The van der Waals surface area contributed by atoms with Crippen LogP contribution in [0.5, 0.6) is 5.75 Å². The second-order valence-electron chi connectivity index (χ2n) is 6.36. The van der Waals surface area contributed by atoms with Crippen LogP contribution in [0.2, 0.25) is 0 Å². The molecule has 0 spiro atoms. The molecule has 0 amide bonds. The van der Waals surface area contributed by atoms with Gasteiger partial charge in [-0.15, -0.1) is 0 Å². The minimum Gasteiger partial charge on any atom is -0.383 e. The highest BCUT2D eigenvalue weighted by Crippen LogP contribution is 2.39. The van der Waals surface area contributed by atoms with Crippen molar-refractivity contribution < 1.29 is 12.6 Å². The molecule has 140 valence electrons. The SMILES string of the molecule is CS(=O)(=O)Oc1ccc(C2(c3cccc(Br)c3)NC(=S)N3CCN=C32)cc1. The second-order valence-corrected chi connectivity index (χ2v) is 9.24. The largest absolute Gasteiger partial charge is 0.383 e. The standard InChI is InChI=1S/C18H16BrN3O3S2/c1-27(23,24)25-15-7-5-12(6-8-15)18(13-3-2-4-14(19)11-13)16-20-9-10-22(16)17(26)21-18/h2-8,11H,9-10H2,1H3,(H,21,26). The lowest BCUT2D eigenvalue weighted by molar-refractivity contribution is 0.492. The zero-order valence-electron chi connectivity index (χ0n) is 14.3. The molecule has 0 saturated carbocycles. The van der Waals surface area contributed by atoms with Crippen molar-refractivity contribution in [3.63, 3.8) is 0 Å². The van der Waals surface area contributed by atoms with E-state index in [-0.39, 0.29) is 5.75 Å². The molecule has 27 heavy (non-hydrogen) atoms. The van der Waals surface area contributed by atoms with Crippen LogP contribution in [0.25, 0.3) is 0 Å². The van der Waals surface area contributed by atoms with Crippen molar-refractivity contribution in [1.29, 1.82) is 0 Å². The average Bonchev–Trinajstić information content (AvgIpc) is 3.18. The number of amidine groups is 1. The van der Waals surface area contributed by atoms with Gasteiger partial charge >= 0.3 is 10.1 Å². The zero-order valence-corrected chi connectivity index (χ0v) is 17.6. The Labute approximate surface area is 171 Å². The van der Waals surface area contributed by atoms with Crippen LogP contribution in [0, 0.1) is 0 Å². The lowest BCUT2D eigenvalue weighted by atomic mass is 9.82. The highest BCUT2D eigenvalue weighted by atomic mass is 79.9. The van der Waals surface area contributed by atoms with Gasteiger partial charge in [-0.25, -0.2) is 0 Å². The summed E-state index contributed by atoms with van der Waals surface area (Å²) in [4.78, 5) is 6.73. The number of aliphatic imine (C=N–C) groups is 1. The van der Waals surface area contributed by atoms with Crippen molar-refractivity contribution in [3.8, 4) is 5.75 Å². The number of hydrogen-bond donors (Lipinski definition) is 1. The van der Waals surface area contributed by atoms with Crippen LogP contribution in [-0.4, -0.2) is 43.6 Å². The molecule has 0 aliphatic carbocycles. The number of halogens is 1. The molecule has 2 aliphatic heterocycles. The summed E-state index contributed by atoms with van der Waals surface area (Å²) in [5.41, 5.74) is 1.15. The molecule has 0 aromatic heterocycles. The van der Waals surface area contributed by atoms with Gasteiger partial charge in [-0.1, -0.05) is 40.2 Å². The van der Waals surface area contributed by atoms with E-state index in [1.54, 1.807) is 12.1 Å².